The number of β-lactam (4-membered cyclic amide) rings is 1. The number of amides is 2. The second kappa shape index (κ2) is 13.5. The lowest BCUT2D eigenvalue weighted by Crippen LogP contribution is -2.70. The fourth-order valence-electron chi connectivity index (χ4n) is 3.95. The summed E-state index contributed by atoms with van der Waals surface area (Å²) in [6.07, 6.45) is 1.03. The molecular formula is C27H23N3O11S. The maximum Gasteiger partial charge on any atom is 0.355 e. The standard InChI is InChI=1S/C27H23N3O11S/c1-16(32)39-12-20-21(13-38-15-31)42-26-23(28-22(33)14-40-19-5-3-2-4-6-19)25(34)29(26)24(20)27(35)41-11-17-7-9-18(10-8-17)30(36)37/h2-10,13,15,23,26H,11-12,14H2,1H3,(H,28,33)/t23?,26-/m0/s1. The molecule has 1 saturated heterocycles. The molecule has 0 saturated carbocycles. The molecule has 0 radical (unpaired) electrons. The molecule has 0 bridgehead atoms. The number of nitro benzene ring substituents is 1. The largest absolute Gasteiger partial charge is 0.484 e. The highest BCUT2D eigenvalue weighted by molar-refractivity contribution is 8.04. The van der Waals surface area contributed by atoms with Gasteiger partial charge in [-0.05, 0) is 29.8 Å². The number of non-ortho nitro benzene ring substituents is 1. The van der Waals surface area contributed by atoms with Gasteiger partial charge in [0, 0.05) is 24.6 Å². The lowest BCUT2D eigenvalue weighted by Gasteiger charge is -2.49. The van der Waals surface area contributed by atoms with Crippen molar-refractivity contribution in [2.24, 2.45) is 0 Å². The summed E-state index contributed by atoms with van der Waals surface area (Å²) in [6.45, 7) is 0.148. The van der Waals surface area contributed by atoms with Crippen molar-refractivity contribution in [2.45, 2.75) is 24.9 Å². The Morgan fingerprint density at radius 2 is 1.79 bits per heavy atom. The molecule has 1 unspecified atom stereocenters. The first-order valence-electron chi connectivity index (χ1n) is 12.2. The number of nitrogens with one attached hydrogen (secondary N) is 1. The molecule has 15 heteroatoms. The molecule has 14 nitrogen and oxygen atoms in total. The third-order valence-corrected chi connectivity index (χ3v) is 7.23. The number of rotatable bonds is 12. The second-order valence-electron chi connectivity index (χ2n) is 8.69. The summed E-state index contributed by atoms with van der Waals surface area (Å²) < 4.78 is 20.7. The molecule has 1 N–H and O–H groups in total. The molecule has 4 rings (SSSR count). The van der Waals surface area contributed by atoms with Gasteiger partial charge in [-0.3, -0.25) is 34.2 Å². The summed E-state index contributed by atoms with van der Waals surface area (Å²) in [5, 5.41) is 12.6. The molecule has 218 valence electrons. The summed E-state index contributed by atoms with van der Waals surface area (Å²) in [5.74, 6) is -2.44. The summed E-state index contributed by atoms with van der Waals surface area (Å²) in [7, 11) is 0. The van der Waals surface area contributed by atoms with Gasteiger partial charge in [-0.1, -0.05) is 30.0 Å². The molecule has 2 aliphatic rings. The zero-order valence-corrected chi connectivity index (χ0v) is 22.7. The Balaban J connectivity index is 1.56. The molecule has 2 atom stereocenters. The van der Waals surface area contributed by atoms with E-state index in [0.717, 1.165) is 29.8 Å². The lowest BCUT2D eigenvalue weighted by molar-refractivity contribution is -0.384. The Morgan fingerprint density at radius 1 is 1.07 bits per heavy atom. The molecule has 1 fully saturated rings. The van der Waals surface area contributed by atoms with E-state index in [-0.39, 0.29) is 41.5 Å². The van der Waals surface area contributed by atoms with E-state index in [9.17, 15) is 34.1 Å². The zero-order valence-electron chi connectivity index (χ0n) is 21.9. The SMILES string of the molecule is CC(=O)OCC1=C(C(=O)OCc2ccc([N+](=O)[O-])cc2)N2C(=O)C(NC(=O)COc3ccccc3)[C@@H]2SC1=COC=O. The van der Waals surface area contributed by atoms with E-state index in [0.29, 0.717) is 11.3 Å². The van der Waals surface area contributed by atoms with Crippen molar-refractivity contribution in [2.75, 3.05) is 13.2 Å². The molecule has 2 heterocycles. The number of nitrogens with zero attached hydrogens (tertiary/aromatic N) is 2. The first kappa shape index (κ1) is 29.8. The highest BCUT2D eigenvalue weighted by atomic mass is 32.2. The van der Waals surface area contributed by atoms with Gasteiger partial charge in [-0.15, -0.1) is 0 Å². The van der Waals surface area contributed by atoms with E-state index < -0.39 is 46.7 Å². The van der Waals surface area contributed by atoms with Crippen LogP contribution in [0.5, 0.6) is 5.75 Å². The molecule has 2 aliphatic heterocycles. The van der Waals surface area contributed by atoms with Crippen LogP contribution in [0.2, 0.25) is 0 Å². The first-order valence-corrected chi connectivity index (χ1v) is 13.1. The highest BCUT2D eigenvalue weighted by Crippen LogP contribution is 2.47. The number of nitro groups is 1. The number of ether oxygens (including phenoxy) is 4. The predicted octanol–water partition coefficient (Wildman–Crippen LogP) is 1.95. The van der Waals surface area contributed by atoms with Gasteiger partial charge in [0.1, 0.15) is 42.3 Å². The van der Waals surface area contributed by atoms with E-state index in [1.807, 2.05) is 0 Å². The van der Waals surface area contributed by atoms with Crippen molar-refractivity contribution in [3.8, 4) is 5.75 Å². The topological polar surface area (TPSA) is 181 Å². The molecule has 2 amide bonds. The molecule has 0 aliphatic carbocycles. The first-order chi connectivity index (χ1) is 20.2. The molecule has 0 aromatic heterocycles. The Labute approximate surface area is 242 Å². The second-order valence-corrected chi connectivity index (χ2v) is 9.84. The lowest BCUT2D eigenvalue weighted by atomic mass is 10.0. The van der Waals surface area contributed by atoms with E-state index in [2.05, 4.69) is 5.32 Å². The fraction of sp³-hybridized carbons (Fsp3) is 0.222. The van der Waals surface area contributed by atoms with Crippen LogP contribution in [0.1, 0.15) is 12.5 Å². The van der Waals surface area contributed by atoms with Crippen LogP contribution < -0.4 is 10.1 Å². The molecule has 42 heavy (non-hydrogen) atoms. The Kier molecular flexibility index (Phi) is 9.54. The average molecular weight is 598 g/mol. The fourth-order valence-corrected chi connectivity index (χ4v) is 5.26. The van der Waals surface area contributed by atoms with Crippen molar-refractivity contribution < 1.29 is 47.8 Å². The van der Waals surface area contributed by atoms with Gasteiger partial charge in [-0.2, -0.15) is 0 Å². The highest BCUT2D eigenvalue weighted by Gasteiger charge is 2.56. The van der Waals surface area contributed by atoms with Crippen molar-refractivity contribution in [3.63, 3.8) is 0 Å². The van der Waals surface area contributed by atoms with Crippen molar-refractivity contribution in [1.82, 2.24) is 10.2 Å². The van der Waals surface area contributed by atoms with Gasteiger partial charge in [0.2, 0.25) is 0 Å². The number of fused-ring (bicyclic) bond motifs is 1. The van der Waals surface area contributed by atoms with Gasteiger partial charge in [0.25, 0.3) is 24.0 Å². The minimum atomic E-state index is -1.07. The van der Waals surface area contributed by atoms with E-state index in [1.165, 1.54) is 24.3 Å². The van der Waals surface area contributed by atoms with Gasteiger partial charge < -0.3 is 24.3 Å². The third-order valence-electron chi connectivity index (χ3n) is 5.91. The van der Waals surface area contributed by atoms with Crippen LogP contribution in [0.4, 0.5) is 5.69 Å². The predicted molar refractivity (Wildman–Crippen MR) is 144 cm³/mol. The van der Waals surface area contributed by atoms with E-state index >= 15 is 0 Å². The monoisotopic (exact) mass is 597 g/mol. The van der Waals surface area contributed by atoms with Gasteiger partial charge in [0.15, 0.2) is 6.61 Å². The number of hydrogen-bond donors (Lipinski definition) is 1. The molecule has 2 aromatic carbocycles. The van der Waals surface area contributed by atoms with Crippen LogP contribution in [-0.2, 0) is 44.8 Å². The number of thioether (sulfide) groups is 1. The van der Waals surface area contributed by atoms with Gasteiger partial charge >= 0.3 is 11.9 Å². The molecule has 0 spiro atoms. The number of benzene rings is 2. The Morgan fingerprint density at radius 3 is 2.43 bits per heavy atom. The van der Waals surface area contributed by atoms with Crippen LogP contribution >= 0.6 is 11.8 Å². The van der Waals surface area contributed by atoms with Gasteiger partial charge in [0.05, 0.1) is 9.83 Å². The smallest absolute Gasteiger partial charge is 0.355 e. The number of hydrogen-bond acceptors (Lipinski definition) is 12. The number of para-hydroxylation sites is 1. The minimum absolute atomic E-state index is 0.0348. The third kappa shape index (κ3) is 6.93. The van der Waals surface area contributed by atoms with Crippen LogP contribution in [0.15, 0.2) is 77.0 Å². The van der Waals surface area contributed by atoms with Gasteiger partial charge in [-0.25, -0.2) is 4.79 Å². The maximum absolute atomic E-state index is 13.4. The number of carbonyl (C=O) groups is 5. The zero-order chi connectivity index (χ0) is 30.2. The number of carbonyl (C=O) groups excluding carboxylic acids is 5. The molecular weight excluding hydrogens is 574 g/mol. The van der Waals surface area contributed by atoms with E-state index in [1.54, 1.807) is 30.3 Å². The summed E-state index contributed by atoms with van der Waals surface area (Å²) in [6, 6.07) is 12.8. The normalized spacial score (nSPS) is 18.4. The average Bonchev–Trinajstić information content (AvgIpc) is 2.99. The summed E-state index contributed by atoms with van der Waals surface area (Å²) >= 11 is 0.995. The summed E-state index contributed by atoms with van der Waals surface area (Å²) in [4.78, 5) is 73.3. The van der Waals surface area contributed by atoms with Crippen molar-refractivity contribution in [1.29, 1.82) is 0 Å². The van der Waals surface area contributed by atoms with Crippen LogP contribution in [0, 0.1) is 10.1 Å². The van der Waals surface area contributed by atoms with E-state index in [4.69, 9.17) is 18.9 Å². The maximum atomic E-state index is 13.4. The Hall–Kier alpha value is -5.18. The quantitative estimate of drug-likeness (QED) is 0.0715. The van der Waals surface area contributed by atoms with Crippen molar-refractivity contribution in [3.05, 3.63) is 92.7 Å². The summed E-state index contributed by atoms with van der Waals surface area (Å²) in [5.41, 5.74) is 0.0320. The van der Waals surface area contributed by atoms with Crippen LogP contribution in [-0.4, -0.2) is 64.7 Å². The van der Waals surface area contributed by atoms with Crippen LogP contribution in [0.3, 0.4) is 0 Å². The minimum Gasteiger partial charge on any atom is -0.484 e. The number of esters is 2. The van der Waals surface area contributed by atoms with Crippen LogP contribution in [0.25, 0.3) is 0 Å². The Bertz CT molecular complexity index is 1460. The van der Waals surface area contributed by atoms with Crippen molar-refractivity contribution >= 4 is 47.7 Å². The molecule has 2 aromatic rings.